The van der Waals surface area contributed by atoms with E-state index in [2.05, 4.69) is 20.5 Å². The number of nitrogens with one attached hydrogen (secondary N) is 2. The van der Waals surface area contributed by atoms with Crippen molar-refractivity contribution >= 4 is 5.91 Å². The van der Waals surface area contributed by atoms with E-state index in [1.165, 1.54) is 30.3 Å². The lowest BCUT2D eigenvalue weighted by atomic mass is 10.2. The summed E-state index contributed by atoms with van der Waals surface area (Å²) in [5, 5.41) is 17.8. The summed E-state index contributed by atoms with van der Waals surface area (Å²) < 4.78 is 43.8. The summed E-state index contributed by atoms with van der Waals surface area (Å²) in [6.45, 7) is -0.260. The summed E-state index contributed by atoms with van der Waals surface area (Å²) in [6, 6.07) is 10.5. The van der Waals surface area contributed by atoms with E-state index in [0.29, 0.717) is 5.82 Å². The molecule has 10 heteroatoms. The Morgan fingerprint density at radius 3 is 2.54 bits per heavy atom. The van der Waals surface area contributed by atoms with Crippen LogP contribution in [0, 0.1) is 0 Å². The van der Waals surface area contributed by atoms with Gasteiger partial charge in [-0.25, -0.2) is 4.98 Å². The van der Waals surface area contributed by atoms with E-state index in [9.17, 15) is 18.0 Å². The number of hydrogen-bond acceptors (Lipinski definition) is 5. The Bertz CT molecular complexity index is 972. The Kier molecular flexibility index (Phi) is 5.59. The number of rotatable bonds is 6. The van der Waals surface area contributed by atoms with Gasteiger partial charge in [0.1, 0.15) is 23.9 Å². The molecule has 0 bridgehead atoms. The van der Waals surface area contributed by atoms with Crippen molar-refractivity contribution in [2.45, 2.75) is 19.3 Å². The third kappa shape index (κ3) is 4.86. The van der Waals surface area contributed by atoms with E-state index < -0.39 is 17.6 Å². The molecule has 0 aliphatic heterocycles. The summed E-state index contributed by atoms with van der Waals surface area (Å²) in [5.41, 5.74) is -0.570. The average Bonchev–Trinajstić information content (AvgIpc) is 3.14. The van der Waals surface area contributed by atoms with Gasteiger partial charge in [-0.05, 0) is 36.4 Å². The first-order valence-corrected chi connectivity index (χ1v) is 8.09. The molecule has 0 radical (unpaired) electrons. The Morgan fingerprint density at radius 1 is 1.14 bits per heavy atom. The number of nitrogens with zero attached hydrogens (tertiary/aromatic N) is 2. The van der Waals surface area contributed by atoms with Crippen LogP contribution in [-0.4, -0.2) is 26.2 Å². The maximum atomic E-state index is 12.8. The zero-order valence-corrected chi connectivity index (χ0v) is 14.3. The molecule has 7 nitrogen and oxygen atoms in total. The fourth-order valence-corrected chi connectivity index (χ4v) is 2.32. The number of aliphatic hydroxyl groups is 1. The average molecular weight is 392 g/mol. The molecule has 3 rings (SSSR count). The lowest BCUT2D eigenvalue weighted by Gasteiger charge is -2.11. The van der Waals surface area contributed by atoms with E-state index in [0.717, 1.165) is 12.1 Å². The summed E-state index contributed by atoms with van der Waals surface area (Å²) in [4.78, 5) is 16.2. The first-order chi connectivity index (χ1) is 13.3. The highest BCUT2D eigenvalue weighted by Gasteiger charge is 2.30. The third-order valence-electron chi connectivity index (χ3n) is 3.63. The molecule has 0 unspecified atom stereocenters. The lowest BCUT2D eigenvalue weighted by Crippen LogP contribution is -2.23. The number of ether oxygens (including phenoxy) is 1. The number of carbonyl (C=O) groups excluding carboxylic acids is 1. The van der Waals surface area contributed by atoms with Gasteiger partial charge in [-0.15, -0.1) is 0 Å². The topological polar surface area (TPSA) is 100 Å². The maximum absolute atomic E-state index is 12.8. The molecule has 0 aliphatic rings. The van der Waals surface area contributed by atoms with Crippen LogP contribution in [0.5, 0.6) is 11.5 Å². The molecule has 1 aromatic heterocycles. The number of aromatic amines is 1. The minimum Gasteiger partial charge on any atom is -0.457 e. The summed E-state index contributed by atoms with van der Waals surface area (Å²) in [6.07, 6.45) is -4.47. The van der Waals surface area contributed by atoms with Crippen LogP contribution in [0.4, 0.5) is 13.2 Å². The molecule has 1 heterocycles. The van der Waals surface area contributed by atoms with Crippen molar-refractivity contribution in [3.05, 3.63) is 71.3 Å². The monoisotopic (exact) mass is 392 g/mol. The van der Waals surface area contributed by atoms with Crippen molar-refractivity contribution in [1.29, 1.82) is 0 Å². The quantitative estimate of drug-likeness (QED) is 0.599. The number of halogens is 3. The van der Waals surface area contributed by atoms with Gasteiger partial charge in [-0.1, -0.05) is 12.1 Å². The highest BCUT2D eigenvalue weighted by molar-refractivity contribution is 5.94. The van der Waals surface area contributed by atoms with Crippen molar-refractivity contribution in [2.75, 3.05) is 0 Å². The predicted molar refractivity (Wildman–Crippen MR) is 91.4 cm³/mol. The van der Waals surface area contributed by atoms with E-state index >= 15 is 0 Å². The highest BCUT2D eigenvalue weighted by atomic mass is 19.4. The molecule has 146 valence electrons. The van der Waals surface area contributed by atoms with Crippen LogP contribution in [0.25, 0.3) is 0 Å². The van der Waals surface area contributed by atoms with Gasteiger partial charge in [-0.2, -0.15) is 18.3 Å². The number of benzene rings is 2. The smallest absolute Gasteiger partial charge is 0.416 e. The largest absolute Gasteiger partial charge is 0.457 e. The van der Waals surface area contributed by atoms with Crippen LogP contribution in [-0.2, 0) is 19.3 Å². The Hall–Kier alpha value is -3.40. The number of hydrogen-bond donors (Lipinski definition) is 3. The first-order valence-electron chi connectivity index (χ1n) is 8.09. The summed E-state index contributed by atoms with van der Waals surface area (Å²) in [7, 11) is 0. The normalized spacial score (nSPS) is 11.3. The molecule has 0 atom stereocenters. The highest BCUT2D eigenvalue weighted by Crippen LogP contribution is 2.32. The SMILES string of the molecule is O=C(NCc1nc(CO)n[nH]1)c1cccc(Oc2cccc(C(F)(F)F)c2)c1. The first kappa shape index (κ1) is 19.4. The van der Waals surface area contributed by atoms with Crippen molar-refractivity contribution in [3.8, 4) is 11.5 Å². The molecular weight excluding hydrogens is 377 g/mol. The number of amides is 1. The predicted octanol–water partition coefficient (Wildman–Crippen LogP) is 3.04. The van der Waals surface area contributed by atoms with Gasteiger partial charge < -0.3 is 15.2 Å². The van der Waals surface area contributed by atoms with Crippen molar-refractivity contribution < 1.29 is 27.8 Å². The van der Waals surface area contributed by atoms with Crippen molar-refractivity contribution in [2.24, 2.45) is 0 Å². The van der Waals surface area contributed by atoms with Crippen LogP contribution < -0.4 is 10.1 Å². The second kappa shape index (κ2) is 8.09. The van der Waals surface area contributed by atoms with Gasteiger partial charge in [0, 0.05) is 5.56 Å². The number of alkyl halides is 3. The molecule has 3 aromatic rings. The maximum Gasteiger partial charge on any atom is 0.416 e. The Labute approximate surface area is 157 Å². The Balaban J connectivity index is 1.67. The molecule has 0 fully saturated rings. The summed E-state index contributed by atoms with van der Waals surface area (Å²) in [5.74, 6) is 0.366. The van der Waals surface area contributed by atoms with Crippen LogP contribution in [0.2, 0.25) is 0 Å². The van der Waals surface area contributed by atoms with Crippen LogP contribution in [0.15, 0.2) is 48.5 Å². The minimum absolute atomic E-state index is 0.00516. The summed E-state index contributed by atoms with van der Waals surface area (Å²) >= 11 is 0. The lowest BCUT2D eigenvalue weighted by molar-refractivity contribution is -0.137. The molecule has 3 N–H and O–H groups in total. The van der Waals surface area contributed by atoms with Crippen LogP contribution >= 0.6 is 0 Å². The standard InChI is InChI=1S/C18H15F3N4O3/c19-18(20,21)12-4-2-6-14(8-12)28-13-5-1-3-11(7-13)17(27)22-9-15-23-16(10-26)25-24-15/h1-8,26H,9-10H2,(H,22,27)(H,23,24,25). The van der Waals surface area contributed by atoms with Gasteiger partial charge in [0.05, 0.1) is 12.1 Å². The Morgan fingerprint density at radius 2 is 1.86 bits per heavy atom. The van der Waals surface area contributed by atoms with Gasteiger partial charge in [-0.3, -0.25) is 9.89 Å². The van der Waals surface area contributed by atoms with E-state index in [-0.39, 0.29) is 36.0 Å². The van der Waals surface area contributed by atoms with Crippen LogP contribution in [0.3, 0.4) is 0 Å². The third-order valence-corrected chi connectivity index (χ3v) is 3.63. The molecule has 1 amide bonds. The minimum atomic E-state index is -4.47. The fraction of sp³-hybridized carbons (Fsp3) is 0.167. The van der Waals surface area contributed by atoms with E-state index in [1.54, 1.807) is 6.07 Å². The van der Waals surface area contributed by atoms with E-state index in [1.807, 2.05) is 0 Å². The number of aromatic nitrogens is 3. The van der Waals surface area contributed by atoms with Crippen LogP contribution in [0.1, 0.15) is 27.6 Å². The number of aliphatic hydroxyl groups excluding tert-OH is 1. The molecule has 2 aromatic carbocycles. The second-order valence-electron chi connectivity index (χ2n) is 5.69. The zero-order chi connectivity index (χ0) is 20.1. The fourth-order valence-electron chi connectivity index (χ4n) is 2.32. The molecule has 0 saturated carbocycles. The van der Waals surface area contributed by atoms with Crippen molar-refractivity contribution in [3.63, 3.8) is 0 Å². The molecule has 0 saturated heterocycles. The van der Waals surface area contributed by atoms with Gasteiger partial charge in [0.15, 0.2) is 5.82 Å². The molecular formula is C18H15F3N4O3. The second-order valence-corrected chi connectivity index (χ2v) is 5.69. The van der Waals surface area contributed by atoms with E-state index in [4.69, 9.17) is 9.84 Å². The molecule has 0 spiro atoms. The van der Waals surface area contributed by atoms with Gasteiger partial charge in [0.25, 0.3) is 5.91 Å². The number of carbonyl (C=O) groups is 1. The van der Waals surface area contributed by atoms with Gasteiger partial charge in [0.2, 0.25) is 0 Å². The zero-order valence-electron chi connectivity index (χ0n) is 14.3. The molecule has 28 heavy (non-hydrogen) atoms. The number of H-pyrrole nitrogens is 1. The molecule has 0 aliphatic carbocycles. The van der Waals surface area contributed by atoms with Gasteiger partial charge >= 0.3 is 6.18 Å². The van der Waals surface area contributed by atoms with Crippen molar-refractivity contribution in [1.82, 2.24) is 20.5 Å².